The molecule has 0 N–H and O–H groups in total. The molecule has 14 heteroatoms. The maximum absolute atomic E-state index is 13.1. The number of pyridine rings is 1. The Hall–Kier alpha value is -4.00. The van der Waals surface area contributed by atoms with Crippen LogP contribution in [0.5, 0.6) is 0 Å². The second kappa shape index (κ2) is 10.6. The topological polar surface area (TPSA) is 124 Å². The Kier molecular flexibility index (Phi) is 7.25. The molecule has 1 amide bonds. The normalized spacial score (nSPS) is 14.6. The Labute approximate surface area is 225 Å². The molecule has 0 radical (unpaired) electrons. The van der Waals surface area contributed by atoms with Crippen LogP contribution in [0.4, 0.5) is 13.2 Å². The van der Waals surface area contributed by atoms with Gasteiger partial charge in [-0.25, -0.2) is 19.9 Å². The van der Waals surface area contributed by atoms with Crippen molar-refractivity contribution in [3.05, 3.63) is 64.3 Å². The third kappa shape index (κ3) is 5.72. The van der Waals surface area contributed by atoms with Crippen molar-refractivity contribution in [1.82, 2.24) is 40.0 Å². The number of nitrogens with zero attached hydrogens (tertiary/aromatic N) is 8. The van der Waals surface area contributed by atoms with Crippen LogP contribution in [-0.2, 0) is 17.4 Å². The number of carbonyl (C=O) groups excluding carboxylic acids is 1. The van der Waals surface area contributed by atoms with Crippen molar-refractivity contribution in [2.24, 2.45) is 0 Å². The summed E-state index contributed by atoms with van der Waals surface area (Å²) in [6.07, 6.45) is -0.750. The first-order valence-electron chi connectivity index (χ1n) is 12.1. The summed E-state index contributed by atoms with van der Waals surface area (Å²) in [7, 11) is 0. The molecule has 202 valence electrons. The van der Waals surface area contributed by atoms with E-state index in [2.05, 4.69) is 35.1 Å². The number of likely N-dealkylation sites (tertiary alicyclic amines) is 1. The average Bonchev–Trinajstić information content (AvgIpc) is 3.39. The van der Waals surface area contributed by atoms with Crippen molar-refractivity contribution in [3.8, 4) is 23.0 Å². The molecule has 39 heavy (non-hydrogen) atoms. The molecule has 0 aliphatic carbocycles. The standard InChI is InChI=1S/C25H22ClF3N8O2/c1-13-20(23-36-35-22(39-23)17-5-9-31-24(34-17)25(27,28)29)21(33-14(2)32-13)15-6-10-37(11-7-15)19(38)12-18-16(26)4-3-8-30-18/h3-5,8-9,15H,6-7,10-12H2,1-2H3. The molecule has 4 aromatic heterocycles. The summed E-state index contributed by atoms with van der Waals surface area (Å²) in [5.74, 6) is -0.949. The fourth-order valence-corrected chi connectivity index (χ4v) is 4.74. The second-order valence-corrected chi connectivity index (χ2v) is 9.46. The van der Waals surface area contributed by atoms with E-state index in [1.807, 2.05) is 0 Å². The first kappa shape index (κ1) is 26.6. The predicted molar refractivity (Wildman–Crippen MR) is 132 cm³/mol. The fourth-order valence-electron chi connectivity index (χ4n) is 4.55. The van der Waals surface area contributed by atoms with Gasteiger partial charge in [0.2, 0.25) is 11.7 Å². The molecule has 4 aromatic rings. The van der Waals surface area contributed by atoms with Gasteiger partial charge in [0.15, 0.2) is 0 Å². The lowest BCUT2D eigenvalue weighted by Gasteiger charge is -2.32. The third-order valence-corrected chi connectivity index (χ3v) is 6.73. The molecule has 0 spiro atoms. The SMILES string of the molecule is Cc1nc(C)c(-c2nnc(-c3ccnc(C(F)(F)F)n3)o2)c(C2CCN(C(=O)Cc3ncccc3Cl)CC2)n1. The number of carbonyl (C=O) groups is 1. The van der Waals surface area contributed by atoms with E-state index in [4.69, 9.17) is 16.0 Å². The zero-order chi connectivity index (χ0) is 27.7. The number of amides is 1. The van der Waals surface area contributed by atoms with Gasteiger partial charge in [-0.2, -0.15) is 13.2 Å². The van der Waals surface area contributed by atoms with E-state index in [9.17, 15) is 18.0 Å². The van der Waals surface area contributed by atoms with Gasteiger partial charge < -0.3 is 9.32 Å². The minimum absolute atomic E-state index is 0.0332. The highest BCUT2D eigenvalue weighted by atomic mass is 35.5. The minimum atomic E-state index is -4.71. The van der Waals surface area contributed by atoms with Gasteiger partial charge in [-0.3, -0.25) is 9.78 Å². The number of aromatic nitrogens is 7. The molecule has 0 bridgehead atoms. The zero-order valence-corrected chi connectivity index (χ0v) is 21.7. The van der Waals surface area contributed by atoms with E-state index in [-0.39, 0.29) is 35.7 Å². The van der Waals surface area contributed by atoms with Crippen molar-refractivity contribution in [2.75, 3.05) is 13.1 Å². The average molecular weight is 559 g/mol. The molecule has 0 unspecified atom stereocenters. The molecule has 5 rings (SSSR count). The number of aryl methyl sites for hydroxylation is 2. The predicted octanol–water partition coefficient (Wildman–Crippen LogP) is 4.62. The summed E-state index contributed by atoms with van der Waals surface area (Å²) in [5, 5.41) is 8.45. The van der Waals surface area contributed by atoms with Gasteiger partial charge in [0.05, 0.1) is 34.1 Å². The summed E-state index contributed by atoms with van der Waals surface area (Å²) < 4.78 is 45.0. The maximum Gasteiger partial charge on any atom is 0.451 e. The quantitative estimate of drug-likeness (QED) is 0.345. The smallest absolute Gasteiger partial charge is 0.414 e. The van der Waals surface area contributed by atoms with Crippen LogP contribution in [0, 0.1) is 13.8 Å². The van der Waals surface area contributed by atoms with Crippen LogP contribution in [0.2, 0.25) is 5.02 Å². The van der Waals surface area contributed by atoms with E-state index in [1.54, 1.807) is 37.1 Å². The van der Waals surface area contributed by atoms with Gasteiger partial charge in [0.1, 0.15) is 11.5 Å². The molecule has 1 aliphatic rings. The van der Waals surface area contributed by atoms with Gasteiger partial charge >= 0.3 is 6.18 Å². The van der Waals surface area contributed by atoms with Crippen molar-refractivity contribution >= 4 is 17.5 Å². The zero-order valence-electron chi connectivity index (χ0n) is 20.9. The first-order chi connectivity index (χ1) is 18.6. The summed E-state index contributed by atoms with van der Waals surface area (Å²) in [6, 6.07) is 4.68. The third-order valence-electron chi connectivity index (χ3n) is 6.38. The number of hydrogen-bond donors (Lipinski definition) is 0. The molecule has 1 saturated heterocycles. The van der Waals surface area contributed by atoms with Gasteiger partial charge in [-0.15, -0.1) is 10.2 Å². The van der Waals surface area contributed by atoms with Crippen molar-refractivity contribution in [3.63, 3.8) is 0 Å². The maximum atomic E-state index is 13.1. The van der Waals surface area contributed by atoms with Crippen molar-refractivity contribution in [2.45, 2.75) is 45.2 Å². The Balaban J connectivity index is 1.37. The van der Waals surface area contributed by atoms with Crippen molar-refractivity contribution < 1.29 is 22.4 Å². The van der Waals surface area contributed by atoms with E-state index in [0.717, 1.165) is 6.20 Å². The van der Waals surface area contributed by atoms with Crippen LogP contribution < -0.4 is 0 Å². The lowest BCUT2D eigenvalue weighted by Crippen LogP contribution is -2.39. The number of halogens is 4. The van der Waals surface area contributed by atoms with E-state index in [1.165, 1.54) is 6.07 Å². The molecule has 10 nitrogen and oxygen atoms in total. The molecule has 0 aromatic carbocycles. The molecule has 0 saturated carbocycles. The lowest BCUT2D eigenvalue weighted by molar-refractivity contribution is -0.144. The van der Waals surface area contributed by atoms with Crippen LogP contribution in [0.1, 0.15) is 47.5 Å². The molecule has 0 atom stereocenters. The van der Waals surface area contributed by atoms with E-state index >= 15 is 0 Å². The molecular weight excluding hydrogens is 537 g/mol. The monoisotopic (exact) mass is 558 g/mol. The summed E-state index contributed by atoms with van der Waals surface area (Å²) >= 11 is 6.16. The van der Waals surface area contributed by atoms with Crippen molar-refractivity contribution in [1.29, 1.82) is 0 Å². The number of alkyl halides is 3. The molecule has 1 aliphatic heterocycles. The van der Waals surface area contributed by atoms with E-state index in [0.29, 0.717) is 59.4 Å². The van der Waals surface area contributed by atoms with Gasteiger partial charge in [0.25, 0.3) is 11.8 Å². The van der Waals surface area contributed by atoms with Crippen LogP contribution in [0.3, 0.4) is 0 Å². The van der Waals surface area contributed by atoms with Gasteiger partial charge in [0, 0.05) is 31.4 Å². The van der Waals surface area contributed by atoms with Crippen LogP contribution in [-0.4, -0.2) is 59.0 Å². The summed E-state index contributed by atoms with van der Waals surface area (Å²) in [5.41, 5.74) is 2.19. The van der Waals surface area contributed by atoms with E-state index < -0.39 is 12.0 Å². The lowest BCUT2D eigenvalue weighted by atomic mass is 9.89. The molecular formula is C25H22ClF3N8O2. The summed E-state index contributed by atoms with van der Waals surface area (Å²) in [4.78, 5) is 34.7. The minimum Gasteiger partial charge on any atom is -0.414 e. The molecule has 5 heterocycles. The number of piperidine rings is 1. The number of rotatable bonds is 5. The Bertz CT molecular complexity index is 1520. The molecule has 1 fully saturated rings. The van der Waals surface area contributed by atoms with Crippen LogP contribution in [0.15, 0.2) is 35.0 Å². The van der Waals surface area contributed by atoms with Gasteiger partial charge in [-0.1, -0.05) is 11.6 Å². The Morgan fingerprint density at radius 1 is 1.05 bits per heavy atom. The largest absolute Gasteiger partial charge is 0.451 e. The highest BCUT2D eigenvalue weighted by molar-refractivity contribution is 6.31. The van der Waals surface area contributed by atoms with Crippen LogP contribution >= 0.6 is 11.6 Å². The fraction of sp³-hybridized carbons (Fsp3) is 0.360. The second-order valence-electron chi connectivity index (χ2n) is 9.06. The summed E-state index contributed by atoms with van der Waals surface area (Å²) in [6.45, 7) is 4.56. The van der Waals surface area contributed by atoms with Gasteiger partial charge in [-0.05, 0) is 44.9 Å². The van der Waals surface area contributed by atoms with Crippen LogP contribution in [0.25, 0.3) is 23.0 Å². The Morgan fingerprint density at radius 3 is 2.51 bits per heavy atom. The Morgan fingerprint density at radius 2 is 1.79 bits per heavy atom. The highest BCUT2D eigenvalue weighted by Crippen LogP contribution is 2.36. The number of hydrogen-bond acceptors (Lipinski definition) is 9. The first-order valence-corrected chi connectivity index (χ1v) is 12.4. The highest BCUT2D eigenvalue weighted by Gasteiger charge is 2.35.